The molecule has 1 fully saturated rings. The van der Waals surface area contributed by atoms with E-state index in [9.17, 15) is 8.42 Å². The van der Waals surface area contributed by atoms with Crippen molar-refractivity contribution in [1.82, 2.24) is 9.38 Å². The number of hydrogen-bond acceptors (Lipinski definition) is 3. The van der Waals surface area contributed by atoms with Crippen LogP contribution in [-0.4, -0.2) is 29.3 Å². The van der Waals surface area contributed by atoms with Crippen molar-refractivity contribution >= 4 is 15.4 Å². The maximum Gasteiger partial charge on any atom is 0.151 e. The van der Waals surface area contributed by atoms with Crippen molar-refractivity contribution in [2.45, 2.75) is 19.3 Å². The lowest BCUT2D eigenvalue weighted by molar-refractivity contribution is 0.601. The van der Waals surface area contributed by atoms with Crippen molar-refractivity contribution in [3.63, 3.8) is 0 Å². The number of sulfone groups is 1. The van der Waals surface area contributed by atoms with E-state index in [1.54, 1.807) is 0 Å². The SMILES string of the molecule is Cc1ccn2c(C3CCS(=O)(=O)C3)ncc2c1. The van der Waals surface area contributed by atoms with Crippen molar-refractivity contribution < 1.29 is 8.42 Å². The van der Waals surface area contributed by atoms with Gasteiger partial charge in [-0.05, 0) is 31.0 Å². The molecule has 0 bridgehead atoms. The largest absolute Gasteiger partial charge is 0.303 e. The number of aryl methyl sites for hydroxylation is 1. The highest BCUT2D eigenvalue weighted by Crippen LogP contribution is 2.28. The molecule has 1 saturated heterocycles. The van der Waals surface area contributed by atoms with Gasteiger partial charge >= 0.3 is 0 Å². The molecule has 1 unspecified atom stereocenters. The summed E-state index contributed by atoms with van der Waals surface area (Å²) in [6, 6.07) is 4.07. The summed E-state index contributed by atoms with van der Waals surface area (Å²) in [4.78, 5) is 4.38. The van der Waals surface area contributed by atoms with Gasteiger partial charge in [0, 0.05) is 12.1 Å². The van der Waals surface area contributed by atoms with Crippen molar-refractivity contribution in [2.75, 3.05) is 11.5 Å². The minimum Gasteiger partial charge on any atom is -0.303 e. The van der Waals surface area contributed by atoms with Crippen molar-refractivity contribution in [3.8, 4) is 0 Å². The highest BCUT2D eigenvalue weighted by Gasteiger charge is 2.31. The topological polar surface area (TPSA) is 51.4 Å². The average Bonchev–Trinajstić information content (AvgIpc) is 2.80. The van der Waals surface area contributed by atoms with E-state index in [1.165, 1.54) is 5.56 Å². The lowest BCUT2D eigenvalue weighted by Crippen LogP contribution is -2.07. The predicted octanol–water partition coefficient (Wildman–Crippen LogP) is 1.54. The Labute approximate surface area is 100 Å². The summed E-state index contributed by atoms with van der Waals surface area (Å²) in [5, 5.41) is 0. The first-order chi connectivity index (χ1) is 8.05. The van der Waals surface area contributed by atoms with Gasteiger partial charge in [0.25, 0.3) is 0 Å². The van der Waals surface area contributed by atoms with E-state index < -0.39 is 9.84 Å². The van der Waals surface area contributed by atoms with Gasteiger partial charge < -0.3 is 4.40 Å². The summed E-state index contributed by atoms with van der Waals surface area (Å²) in [7, 11) is -2.85. The van der Waals surface area contributed by atoms with E-state index in [4.69, 9.17) is 0 Å². The van der Waals surface area contributed by atoms with Crippen LogP contribution in [-0.2, 0) is 9.84 Å². The molecule has 1 aliphatic heterocycles. The number of imidazole rings is 1. The Hall–Kier alpha value is -1.36. The van der Waals surface area contributed by atoms with Crippen molar-refractivity contribution in [1.29, 1.82) is 0 Å². The van der Waals surface area contributed by atoms with Crippen LogP contribution < -0.4 is 0 Å². The summed E-state index contributed by atoms with van der Waals surface area (Å²) in [6.07, 6.45) is 4.47. The lowest BCUT2D eigenvalue weighted by Gasteiger charge is -2.06. The Bertz CT molecular complexity index is 673. The van der Waals surface area contributed by atoms with Crippen molar-refractivity contribution in [3.05, 3.63) is 35.9 Å². The molecule has 0 aromatic carbocycles. The lowest BCUT2D eigenvalue weighted by atomic mass is 10.1. The summed E-state index contributed by atoms with van der Waals surface area (Å²) in [5.74, 6) is 1.45. The number of hydrogen-bond donors (Lipinski definition) is 0. The van der Waals surface area contributed by atoms with E-state index in [1.807, 2.05) is 29.8 Å². The van der Waals surface area contributed by atoms with E-state index in [2.05, 4.69) is 11.1 Å². The van der Waals surface area contributed by atoms with Crippen LogP contribution in [0.15, 0.2) is 24.5 Å². The maximum absolute atomic E-state index is 11.5. The van der Waals surface area contributed by atoms with Crippen LogP contribution in [0, 0.1) is 6.92 Å². The number of pyridine rings is 1. The van der Waals surface area contributed by atoms with Crippen LogP contribution in [0.3, 0.4) is 0 Å². The number of nitrogens with zero attached hydrogens (tertiary/aromatic N) is 2. The van der Waals surface area contributed by atoms with Gasteiger partial charge in [0.15, 0.2) is 9.84 Å². The molecule has 90 valence electrons. The van der Waals surface area contributed by atoms with Crippen LogP contribution in [0.1, 0.15) is 23.7 Å². The minimum atomic E-state index is -2.85. The summed E-state index contributed by atoms with van der Waals surface area (Å²) in [5.41, 5.74) is 2.22. The zero-order valence-electron chi connectivity index (χ0n) is 9.63. The third kappa shape index (κ3) is 1.84. The Morgan fingerprint density at radius 2 is 2.29 bits per heavy atom. The standard InChI is InChI=1S/C12H14N2O2S/c1-9-2-4-14-11(6-9)7-13-12(14)10-3-5-17(15,16)8-10/h2,4,6-7,10H,3,5,8H2,1H3. The molecule has 3 heterocycles. The molecule has 0 aliphatic carbocycles. The zero-order valence-corrected chi connectivity index (χ0v) is 10.4. The highest BCUT2D eigenvalue weighted by molar-refractivity contribution is 7.91. The van der Waals surface area contributed by atoms with E-state index >= 15 is 0 Å². The normalized spacial score (nSPS) is 23.2. The molecule has 0 radical (unpaired) electrons. The van der Waals surface area contributed by atoms with Gasteiger partial charge in [-0.15, -0.1) is 0 Å². The predicted molar refractivity (Wildman–Crippen MR) is 65.9 cm³/mol. The first-order valence-corrected chi connectivity index (χ1v) is 7.51. The van der Waals surface area contributed by atoms with E-state index in [-0.39, 0.29) is 11.7 Å². The Morgan fingerprint density at radius 1 is 1.47 bits per heavy atom. The van der Waals surface area contributed by atoms with Gasteiger partial charge in [-0.3, -0.25) is 0 Å². The second kappa shape index (κ2) is 3.57. The van der Waals surface area contributed by atoms with Crippen LogP contribution >= 0.6 is 0 Å². The fourth-order valence-electron chi connectivity index (χ4n) is 2.43. The monoisotopic (exact) mass is 250 g/mol. The molecule has 1 atom stereocenters. The molecule has 2 aromatic heterocycles. The van der Waals surface area contributed by atoms with Crippen LogP contribution in [0.25, 0.3) is 5.52 Å². The quantitative estimate of drug-likeness (QED) is 0.771. The molecule has 17 heavy (non-hydrogen) atoms. The third-order valence-electron chi connectivity index (χ3n) is 3.31. The second-order valence-corrected chi connectivity index (χ2v) is 6.94. The Balaban J connectivity index is 2.07. The number of fused-ring (bicyclic) bond motifs is 1. The fourth-order valence-corrected chi connectivity index (χ4v) is 4.17. The summed E-state index contributed by atoms with van der Waals surface area (Å²) >= 11 is 0. The average molecular weight is 250 g/mol. The molecule has 0 spiro atoms. The highest BCUT2D eigenvalue weighted by atomic mass is 32.2. The molecular formula is C12H14N2O2S. The van der Waals surface area contributed by atoms with Gasteiger partial charge in [-0.2, -0.15) is 0 Å². The fraction of sp³-hybridized carbons (Fsp3) is 0.417. The molecule has 1 aliphatic rings. The smallest absolute Gasteiger partial charge is 0.151 e. The number of aromatic nitrogens is 2. The second-order valence-electron chi connectivity index (χ2n) is 4.72. The number of rotatable bonds is 1. The molecule has 5 heteroatoms. The van der Waals surface area contributed by atoms with Crippen LogP contribution in [0.2, 0.25) is 0 Å². The first-order valence-electron chi connectivity index (χ1n) is 5.69. The first kappa shape index (κ1) is 10.8. The van der Waals surface area contributed by atoms with Crippen LogP contribution in [0.4, 0.5) is 0 Å². The molecule has 3 rings (SSSR count). The molecule has 4 nitrogen and oxygen atoms in total. The van der Waals surface area contributed by atoms with Gasteiger partial charge in [-0.25, -0.2) is 13.4 Å². The summed E-state index contributed by atoms with van der Waals surface area (Å²) in [6.45, 7) is 2.03. The maximum atomic E-state index is 11.5. The van der Waals surface area contributed by atoms with Crippen LogP contribution in [0.5, 0.6) is 0 Å². The Morgan fingerprint density at radius 3 is 3.00 bits per heavy atom. The van der Waals surface area contributed by atoms with Gasteiger partial charge in [0.1, 0.15) is 5.82 Å². The molecule has 0 amide bonds. The van der Waals surface area contributed by atoms with Gasteiger partial charge in [-0.1, -0.05) is 0 Å². The summed E-state index contributed by atoms with van der Waals surface area (Å²) < 4.78 is 25.0. The van der Waals surface area contributed by atoms with E-state index in [0.717, 1.165) is 11.3 Å². The minimum absolute atomic E-state index is 0.0465. The molecule has 0 N–H and O–H groups in total. The molecule has 0 saturated carbocycles. The third-order valence-corrected chi connectivity index (χ3v) is 5.08. The zero-order chi connectivity index (χ0) is 12.0. The van der Waals surface area contributed by atoms with Crippen molar-refractivity contribution in [2.24, 2.45) is 0 Å². The Kier molecular flexibility index (Phi) is 2.26. The molecular weight excluding hydrogens is 236 g/mol. The van der Waals surface area contributed by atoms with Gasteiger partial charge in [0.2, 0.25) is 0 Å². The van der Waals surface area contributed by atoms with Gasteiger partial charge in [0.05, 0.1) is 23.2 Å². The molecule has 2 aromatic rings. The van der Waals surface area contributed by atoms with E-state index in [0.29, 0.717) is 12.2 Å².